The number of ketones is 1. The van der Waals surface area contributed by atoms with E-state index in [1.807, 2.05) is 0 Å². The normalized spacial score (nSPS) is 24.4. The number of carbonyl (C=O) groups is 2. The second kappa shape index (κ2) is 9.00. The number of methoxy groups -OCH3 is 1. The highest BCUT2D eigenvalue weighted by Crippen LogP contribution is 2.37. The number of fused-ring (bicyclic) bond motifs is 1. The van der Waals surface area contributed by atoms with Crippen molar-refractivity contribution in [1.82, 2.24) is 0 Å². The first-order chi connectivity index (χ1) is 15.4. The van der Waals surface area contributed by atoms with Crippen LogP contribution in [0.25, 0.3) is 11.0 Å². The molecular formula is C22H27NO10. The van der Waals surface area contributed by atoms with Gasteiger partial charge in [0, 0.05) is 19.1 Å². The lowest BCUT2D eigenvalue weighted by molar-refractivity contribution is -0.304. The number of aryl methyl sites for hydroxylation is 1. The Kier molecular flexibility index (Phi) is 6.68. The van der Waals surface area contributed by atoms with E-state index >= 15 is 0 Å². The topological polar surface area (TPSA) is 168 Å². The molecule has 0 aliphatic carbocycles. The summed E-state index contributed by atoms with van der Waals surface area (Å²) in [6, 6.07) is 2.94. The fraction of sp³-hybridized carbons (Fsp3) is 0.500. The maximum Gasteiger partial charge on any atom is 0.404 e. The van der Waals surface area contributed by atoms with Crippen molar-refractivity contribution in [2.24, 2.45) is 5.73 Å². The minimum absolute atomic E-state index is 0.0477. The van der Waals surface area contributed by atoms with Crippen molar-refractivity contribution in [3.05, 3.63) is 33.7 Å². The lowest BCUT2D eigenvalue weighted by Gasteiger charge is -2.47. The SMILES string of the molecule is CO[C@@H]1[C@@H](OC(N)=O)[C@@H](O)[C@H](Oc2ccc3c(O)c(CC(C)=O)c(=O)oc3c2C)OC1(C)C. The summed E-state index contributed by atoms with van der Waals surface area (Å²) in [6.07, 6.45) is -6.16. The number of benzene rings is 1. The second-order valence-corrected chi connectivity index (χ2v) is 8.42. The van der Waals surface area contributed by atoms with Crippen LogP contribution in [0.5, 0.6) is 11.5 Å². The fourth-order valence-electron chi connectivity index (χ4n) is 4.01. The number of aliphatic hydroxyl groups excluding tert-OH is 1. The standard InChI is InChI=1S/C22H27NO10/c1-9(24)8-12-14(25)11-6-7-13(10(2)16(11)31-19(12)27)30-20-15(26)17(32-21(23)28)18(29-5)22(3,4)33-20/h6-7,15,17-18,20,25-26H,8H2,1-5H3,(H2,23,28)/t15-,17+,18-,20-/m1/s1. The van der Waals surface area contributed by atoms with Crippen molar-refractivity contribution in [3.63, 3.8) is 0 Å². The Morgan fingerprint density at radius 3 is 2.52 bits per heavy atom. The monoisotopic (exact) mass is 465 g/mol. The van der Waals surface area contributed by atoms with E-state index in [0.717, 1.165) is 0 Å². The van der Waals surface area contributed by atoms with Crippen molar-refractivity contribution in [2.75, 3.05) is 7.11 Å². The van der Waals surface area contributed by atoms with Crippen LogP contribution in [-0.4, -0.2) is 59.4 Å². The number of nitrogens with two attached hydrogens (primary N) is 1. The van der Waals surface area contributed by atoms with Gasteiger partial charge in [-0.3, -0.25) is 4.79 Å². The first-order valence-corrected chi connectivity index (χ1v) is 10.2. The maximum atomic E-state index is 12.3. The summed E-state index contributed by atoms with van der Waals surface area (Å²) in [6.45, 7) is 6.22. The lowest BCUT2D eigenvalue weighted by atomic mass is 9.89. The van der Waals surface area contributed by atoms with Gasteiger partial charge in [0.2, 0.25) is 6.29 Å². The molecule has 3 rings (SSSR count). The number of aromatic hydroxyl groups is 1. The smallest absolute Gasteiger partial charge is 0.404 e. The molecule has 0 radical (unpaired) electrons. The Hall–Kier alpha value is -3.15. The van der Waals surface area contributed by atoms with Gasteiger partial charge in [0.25, 0.3) is 0 Å². The molecule has 1 aliphatic rings. The molecule has 2 aromatic rings. The van der Waals surface area contributed by atoms with E-state index in [9.17, 15) is 24.6 Å². The largest absolute Gasteiger partial charge is 0.507 e. The number of hydrogen-bond acceptors (Lipinski definition) is 10. The van der Waals surface area contributed by atoms with E-state index in [2.05, 4.69) is 0 Å². The molecule has 0 unspecified atom stereocenters. The summed E-state index contributed by atoms with van der Waals surface area (Å²) < 4.78 is 27.5. The van der Waals surface area contributed by atoms with E-state index in [0.29, 0.717) is 5.56 Å². The van der Waals surface area contributed by atoms with Gasteiger partial charge in [-0.1, -0.05) is 0 Å². The van der Waals surface area contributed by atoms with Crippen LogP contribution >= 0.6 is 0 Å². The van der Waals surface area contributed by atoms with Crippen LogP contribution in [0.4, 0.5) is 4.79 Å². The van der Waals surface area contributed by atoms with Gasteiger partial charge in [-0.15, -0.1) is 0 Å². The third-order valence-corrected chi connectivity index (χ3v) is 5.53. The maximum absolute atomic E-state index is 12.3. The lowest BCUT2D eigenvalue weighted by Crippen LogP contribution is -2.65. The molecule has 180 valence electrons. The molecule has 0 saturated carbocycles. The molecule has 1 amide bonds. The van der Waals surface area contributed by atoms with E-state index in [1.165, 1.54) is 26.2 Å². The Morgan fingerprint density at radius 2 is 1.94 bits per heavy atom. The second-order valence-electron chi connectivity index (χ2n) is 8.42. The van der Waals surface area contributed by atoms with Crippen LogP contribution < -0.4 is 16.1 Å². The summed E-state index contributed by atoms with van der Waals surface area (Å²) in [5.41, 5.74) is 3.51. The molecule has 0 spiro atoms. The molecule has 0 bridgehead atoms. The van der Waals surface area contributed by atoms with Crippen LogP contribution in [0, 0.1) is 6.92 Å². The van der Waals surface area contributed by atoms with E-state index in [-0.39, 0.29) is 40.2 Å². The average Bonchev–Trinajstić information content (AvgIpc) is 2.70. The minimum atomic E-state index is -1.47. The van der Waals surface area contributed by atoms with Gasteiger partial charge in [0.15, 0.2) is 12.2 Å². The zero-order valence-electron chi connectivity index (χ0n) is 18.9. The van der Waals surface area contributed by atoms with Crippen LogP contribution in [0.3, 0.4) is 0 Å². The van der Waals surface area contributed by atoms with Gasteiger partial charge in [-0.2, -0.15) is 0 Å². The van der Waals surface area contributed by atoms with Gasteiger partial charge >= 0.3 is 11.7 Å². The van der Waals surface area contributed by atoms with Crippen LogP contribution in [0.1, 0.15) is 31.9 Å². The van der Waals surface area contributed by atoms with Crippen molar-refractivity contribution >= 4 is 22.8 Å². The Labute approximate surface area is 189 Å². The third kappa shape index (κ3) is 4.65. The highest BCUT2D eigenvalue weighted by atomic mass is 16.7. The Bertz CT molecular complexity index is 1140. The molecule has 1 aliphatic heterocycles. The zero-order chi connectivity index (χ0) is 24.7. The number of rotatable bonds is 6. The van der Waals surface area contributed by atoms with Gasteiger partial charge in [0.05, 0.1) is 16.6 Å². The molecule has 33 heavy (non-hydrogen) atoms. The van der Waals surface area contributed by atoms with Gasteiger partial charge < -0.3 is 39.3 Å². The number of ether oxygens (including phenoxy) is 4. The number of primary amides is 1. The first kappa shape index (κ1) is 24.5. The quantitative estimate of drug-likeness (QED) is 0.529. The van der Waals surface area contributed by atoms with Crippen LogP contribution in [0.2, 0.25) is 0 Å². The number of carbonyl (C=O) groups excluding carboxylic acids is 2. The summed E-state index contributed by atoms with van der Waals surface area (Å²) >= 11 is 0. The van der Waals surface area contributed by atoms with Gasteiger partial charge in [-0.05, 0) is 39.8 Å². The van der Waals surface area contributed by atoms with E-state index in [4.69, 9.17) is 29.1 Å². The summed E-state index contributed by atoms with van der Waals surface area (Å²) in [5.74, 6) is -0.473. The molecular weight excluding hydrogens is 438 g/mol. The summed E-state index contributed by atoms with van der Waals surface area (Å²) in [7, 11) is 1.38. The first-order valence-electron chi connectivity index (χ1n) is 10.2. The fourth-order valence-corrected chi connectivity index (χ4v) is 4.01. The van der Waals surface area contributed by atoms with Crippen molar-refractivity contribution in [1.29, 1.82) is 0 Å². The Morgan fingerprint density at radius 1 is 1.27 bits per heavy atom. The minimum Gasteiger partial charge on any atom is -0.507 e. The van der Waals surface area contributed by atoms with Crippen molar-refractivity contribution in [3.8, 4) is 11.5 Å². The van der Waals surface area contributed by atoms with Crippen LogP contribution in [-0.2, 0) is 25.4 Å². The molecule has 1 saturated heterocycles. The predicted octanol–water partition coefficient (Wildman–Crippen LogP) is 1.29. The molecule has 4 N–H and O–H groups in total. The number of Topliss-reactive ketones (excluding diaryl/α,β-unsaturated/α-hetero) is 1. The predicted molar refractivity (Wildman–Crippen MR) is 114 cm³/mol. The molecule has 1 aromatic carbocycles. The average molecular weight is 465 g/mol. The van der Waals surface area contributed by atoms with Gasteiger partial charge in [0.1, 0.15) is 29.0 Å². The van der Waals surface area contributed by atoms with E-state index in [1.54, 1.807) is 20.8 Å². The summed E-state index contributed by atoms with van der Waals surface area (Å²) in [4.78, 5) is 35.1. The van der Waals surface area contributed by atoms with Crippen molar-refractivity contribution < 1.29 is 43.2 Å². The van der Waals surface area contributed by atoms with Gasteiger partial charge in [-0.25, -0.2) is 9.59 Å². The number of amides is 1. The molecule has 11 heteroatoms. The highest BCUT2D eigenvalue weighted by molar-refractivity contribution is 5.89. The van der Waals surface area contributed by atoms with E-state index < -0.39 is 41.9 Å². The number of hydrogen-bond donors (Lipinski definition) is 3. The summed E-state index contributed by atoms with van der Waals surface area (Å²) in [5, 5.41) is 21.5. The van der Waals surface area contributed by atoms with Crippen LogP contribution in [0.15, 0.2) is 21.3 Å². The molecule has 11 nitrogen and oxygen atoms in total. The Balaban J connectivity index is 2.00. The molecule has 4 atom stereocenters. The highest BCUT2D eigenvalue weighted by Gasteiger charge is 2.53. The third-order valence-electron chi connectivity index (χ3n) is 5.53. The number of aliphatic hydroxyl groups is 1. The molecule has 1 fully saturated rings. The zero-order valence-corrected chi connectivity index (χ0v) is 18.9. The molecule has 1 aromatic heterocycles. The van der Waals surface area contributed by atoms with Crippen molar-refractivity contribution in [2.45, 2.75) is 64.3 Å². The molecule has 2 heterocycles.